The van der Waals surface area contributed by atoms with Crippen molar-refractivity contribution in [3.8, 4) is 0 Å². The number of nitrogens with one attached hydrogen (secondary N) is 2. The van der Waals surface area contributed by atoms with E-state index in [9.17, 15) is 4.79 Å². The number of carbonyl (C=O) groups is 1. The highest BCUT2D eigenvalue weighted by molar-refractivity contribution is 6.33. The van der Waals surface area contributed by atoms with Crippen LogP contribution in [-0.2, 0) is 18.3 Å². The van der Waals surface area contributed by atoms with Gasteiger partial charge in [0, 0.05) is 24.5 Å². The van der Waals surface area contributed by atoms with Crippen molar-refractivity contribution in [1.82, 2.24) is 9.78 Å². The quantitative estimate of drug-likeness (QED) is 0.914. The fourth-order valence-electron chi connectivity index (χ4n) is 2.34. The molecule has 1 unspecified atom stereocenters. The number of aromatic nitrogens is 2. The van der Waals surface area contributed by atoms with E-state index in [1.165, 1.54) is 0 Å². The second kappa shape index (κ2) is 4.83. The molecule has 6 heteroatoms. The van der Waals surface area contributed by atoms with Crippen LogP contribution in [0, 0.1) is 0 Å². The number of amides is 1. The Balaban J connectivity index is 1.84. The highest BCUT2D eigenvalue weighted by Gasteiger charge is 2.20. The summed E-state index contributed by atoms with van der Waals surface area (Å²) in [5, 5.41) is 10.9. The molecule has 0 fully saturated rings. The van der Waals surface area contributed by atoms with E-state index >= 15 is 0 Å². The van der Waals surface area contributed by atoms with Crippen molar-refractivity contribution >= 4 is 28.9 Å². The summed E-state index contributed by atoms with van der Waals surface area (Å²) in [5.74, 6) is 0.00789. The van der Waals surface area contributed by atoms with Gasteiger partial charge in [-0.25, -0.2) is 0 Å². The lowest BCUT2D eigenvalue weighted by molar-refractivity contribution is -0.115. The third-order valence-electron chi connectivity index (χ3n) is 3.41. The smallest absolute Gasteiger partial charge is 0.228 e. The van der Waals surface area contributed by atoms with Crippen molar-refractivity contribution in [3.05, 3.63) is 40.7 Å². The first-order valence-corrected chi connectivity index (χ1v) is 6.78. The normalized spacial score (nSPS) is 14.8. The van der Waals surface area contributed by atoms with E-state index < -0.39 is 0 Å². The minimum atomic E-state index is 0.00789. The van der Waals surface area contributed by atoms with Crippen molar-refractivity contribution in [1.29, 1.82) is 0 Å². The number of hydrogen-bond acceptors (Lipinski definition) is 3. The fourth-order valence-corrected chi connectivity index (χ4v) is 2.56. The number of nitrogens with zero attached hydrogens (tertiary/aromatic N) is 2. The second-order valence-electron chi connectivity index (χ2n) is 5.03. The zero-order valence-corrected chi connectivity index (χ0v) is 12.0. The van der Waals surface area contributed by atoms with E-state index in [1.807, 2.05) is 32.4 Å². The second-order valence-corrected chi connectivity index (χ2v) is 5.43. The van der Waals surface area contributed by atoms with Crippen LogP contribution in [0.4, 0.5) is 11.4 Å². The van der Waals surface area contributed by atoms with Gasteiger partial charge in [0.2, 0.25) is 5.91 Å². The lowest BCUT2D eigenvalue weighted by atomic mass is 10.1. The lowest BCUT2D eigenvalue weighted by Crippen LogP contribution is -2.06. The molecule has 1 amide bonds. The van der Waals surface area contributed by atoms with E-state index in [4.69, 9.17) is 11.6 Å². The van der Waals surface area contributed by atoms with Crippen molar-refractivity contribution < 1.29 is 4.79 Å². The maximum absolute atomic E-state index is 11.4. The predicted molar refractivity (Wildman–Crippen MR) is 79.0 cm³/mol. The fraction of sp³-hybridized carbons (Fsp3) is 0.286. The SMILES string of the molecule is CC(Nc1cc2c(cc1Cl)NC(=O)C2)c1cnn(C)c1. The molecule has 1 aliphatic rings. The number of carbonyl (C=O) groups excluding carboxylic acids is 1. The van der Waals surface area contributed by atoms with E-state index in [2.05, 4.69) is 15.7 Å². The van der Waals surface area contributed by atoms with Crippen LogP contribution in [0.15, 0.2) is 24.5 Å². The van der Waals surface area contributed by atoms with Crippen LogP contribution < -0.4 is 10.6 Å². The molecule has 0 spiro atoms. The van der Waals surface area contributed by atoms with Gasteiger partial charge < -0.3 is 10.6 Å². The molecular weight excluding hydrogens is 276 g/mol. The predicted octanol–water partition coefficient (Wildman–Crippen LogP) is 2.74. The number of hydrogen-bond donors (Lipinski definition) is 2. The molecule has 2 N–H and O–H groups in total. The number of rotatable bonds is 3. The van der Waals surface area contributed by atoms with Gasteiger partial charge in [0.15, 0.2) is 0 Å². The number of anilines is 2. The van der Waals surface area contributed by atoms with Gasteiger partial charge in [0.05, 0.1) is 29.4 Å². The van der Waals surface area contributed by atoms with Gasteiger partial charge in [0.25, 0.3) is 0 Å². The van der Waals surface area contributed by atoms with Crippen LogP contribution in [-0.4, -0.2) is 15.7 Å². The molecule has 2 aromatic rings. The number of benzene rings is 1. The minimum absolute atomic E-state index is 0.00789. The Morgan fingerprint density at radius 1 is 1.50 bits per heavy atom. The van der Waals surface area contributed by atoms with Crippen molar-refractivity contribution in [2.75, 3.05) is 10.6 Å². The van der Waals surface area contributed by atoms with Crippen LogP contribution >= 0.6 is 11.6 Å². The summed E-state index contributed by atoms with van der Waals surface area (Å²) in [7, 11) is 1.88. The van der Waals surface area contributed by atoms with Crippen LogP contribution in [0.25, 0.3) is 0 Å². The Kier molecular flexibility index (Phi) is 3.14. The monoisotopic (exact) mass is 290 g/mol. The Labute approximate surface area is 121 Å². The number of halogens is 1. The Hall–Kier alpha value is -2.01. The largest absolute Gasteiger partial charge is 0.377 e. The summed E-state index contributed by atoms with van der Waals surface area (Å²) in [6.45, 7) is 2.05. The van der Waals surface area contributed by atoms with Crippen LogP contribution in [0.1, 0.15) is 24.1 Å². The van der Waals surface area contributed by atoms with E-state index in [-0.39, 0.29) is 11.9 Å². The van der Waals surface area contributed by atoms with Crippen molar-refractivity contribution in [2.45, 2.75) is 19.4 Å². The highest BCUT2D eigenvalue weighted by atomic mass is 35.5. The van der Waals surface area contributed by atoms with E-state index in [1.54, 1.807) is 10.7 Å². The maximum Gasteiger partial charge on any atom is 0.228 e. The molecule has 20 heavy (non-hydrogen) atoms. The van der Waals surface area contributed by atoms with Gasteiger partial charge in [-0.1, -0.05) is 11.6 Å². The summed E-state index contributed by atoms with van der Waals surface area (Å²) in [6.07, 6.45) is 4.19. The van der Waals surface area contributed by atoms with E-state index in [0.29, 0.717) is 11.4 Å². The first kappa shape index (κ1) is 13.0. The standard InChI is InChI=1S/C14H15ClN4O/c1-8(10-6-16-19(2)7-10)17-13-3-9-4-14(20)18-12(9)5-11(13)15/h3,5-8,17H,4H2,1-2H3,(H,18,20). The maximum atomic E-state index is 11.4. The van der Waals surface area contributed by atoms with Gasteiger partial charge in [-0.05, 0) is 24.6 Å². The first-order chi connectivity index (χ1) is 9.52. The molecular formula is C14H15ClN4O. The molecule has 104 valence electrons. The third-order valence-corrected chi connectivity index (χ3v) is 3.73. The third kappa shape index (κ3) is 2.36. The van der Waals surface area contributed by atoms with Gasteiger partial charge in [-0.2, -0.15) is 5.10 Å². The summed E-state index contributed by atoms with van der Waals surface area (Å²) in [6, 6.07) is 3.81. The van der Waals surface area contributed by atoms with Crippen molar-refractivity contribution in [3.63, 3.8) is 0 Å². The molecule has 5 nitrogen and oxygen atoms in total. The molecule has 1 aromatic heterocycles. The van der Waals surface area contributed by atoms with Gasteiger partial charge in [-0.3, -0.25) is 9.48 Å². The van der Waals surface area contributed by atoms with E-state index in [0.717, 1.165) is 22.5 Å². The molecule has 2 heterocycles. The molecule has 3 rings (SSSR count). The Morgan fingerprint density at radius 2 is 2.30 bits per heavy atom. The molecule has 0 aliphatic carbocycles. The minimum Gasteiger partial charge on any atom is -0.377 e. The summed E-state index contributed by atoms with van der Waals surface area (Å²) >= 11 is 6.26. The Morgan fingerprint density at radius 3 is 3.00 bits per heavy atom. The molecule has 1 aromatic carbocycles. The van der Waals surface area contributed by atoms with Gasteiger partial charge in [0.1, 0.15) is 0 Å². The first-order valence-electron chi connectivity index (χ1n) is 6.40. The van der Waals surface area contributed by atoms with Gasteiger partial charge >= 0.3 is 0 Å². The molecule has 1 aliphatic heterocycles. The molecule has 0 saturated heterocycles. The lowest BCUT2D eigenvalue weighted by Gasteiger charge is -2.16. The van der Waals surface area contributed by atoms with Gasteiger partial charge in [-0.15, -0.1) is 0 Å². The zero-order valence-electron chi connectivity index (χ0n) is 11.3. The molecule has 1 atom stereocenters. The molecule has 0 bridgehead atoms. The topological polar surface area (TPSA) is 58.9 Å². The average Bonchev–Trinajstić information content (AvgIpc) is 2.95. The zero-order chi connectivity index (χ0) is 14.3. The summed E-state index contributed by atoms with van der Waals surface area (Å²) in [4.78, 5) is 11.4. The molecule has 0 saturated carbocycles. The van der Waals surface area contributed by atoms with Crippen LogP contribution in [0.2, 0.25) is 5.02 Å². The highest BCUT2D eigenvalue weighted by Crippen LogP contribution is 2.34. The Bertz CT molecular complexity index is 680. The summed E-state index contributed by atoms with van der Waals surface area (Å²) in [5.41, 5.74) is 3.69. The molecule has 0 radical (unpaired) electrons. The van der Waals surface area contributed by atoms with Crippen LogP contribution in [0.3, 0.4) is 0 Å². The summed E-state index contributed by atoms with van der Waals surface area (Å²) < 4.78 is 1.76. The van der Waals surface area contributed by atoms with Crippen molar-refractivity contribution in [2.24, 2.45) is 7.05 Å². The average molecular weight is 291 g/mol. The number of aryl methyl sites for hydroxylation is 1. The van der Waals surface area contributed by atoms with Crippen LogP contribution in [0.5, 0.6) is 0 Å². The number of fused-ring (bicyclic) bond motifs is 1.